The van der Waals surface area contributed by atoms with Crippen LogP contribution >= 0.6 is 0 Å². The highest BCUT2D eigenvalue weighted by Crippen LogP contribution is 2.17. The fraction of sp³-hybridized carbons (Fsp3) is 0.357. The third kappa shape index (κ3) is 6.81. The Bertz CT molecular complexity index is 1240. The number of hydrogen-bond donors (Lipinski definition) is 2. The van der Waals surface area contributed by atoms with Crippen molar-refractivity contribution in [2.24, 2.45) is 5.92 Å². The molecule has 0 saturated carbocycles. The van der Waals surface area contributed by atoms with Crippen LogP contribution in [0.2, 0.25) is 0 Å². The van der Waals surface area contributed by atoms with Gasteiger partial charge in [-0.15, -0.1) is 0 Å². The SMILES string of the molecule is CC(C)C[C@@H](NC(=O)c1cc2n(n1)CCCN(Cc1ccccc1)C2=O)C(=O)NCc1ccc(F)cc1. The van der Waals surface area contributed by atoms with Crippen molar-refractivity contribution in [1.82, 2.24) is 25.3 Å². The number of nitrogens with one attached hydrogen (secondary N) is 2. The van der Waals surface area contributed by atoms with E-state index < -0.39 is 11.9 Å². The van der Waals surface area contributed by atoms with E-state index in [4.69, 9.17) is 0 Å². The lowest BCUT2D eigenvalue weighted by molar-refractivity contribution is -0.123. The monoisotopic (exact) mass is 505 g/mol. The van der Waals surface area contributed by atoms with Gasteiger partial charge >= 0.3 is 0 Å². The molecule has 1 aliphatic heterocycles. The third-order valence-electron chi connectivity index (χ3n) is 6.24. The maximum Gasteiger partial charge on any atom is 0.272 e. The van der Waals surface area contributed by atoms with Crippen LogP contribution in [0.15, 0.2) is 60.7 Å². The Labute approximate surface area is 215 Å². The molecule has 1 aliphatic rings. The standard InChI is InChI=1S/C28H32FN5O3/c1-19(2)15-23(26(35)30-17-20-9-11-22(29)12-10-20)31-27(36)24-16-25-28(37)33(13-6-14-34(25)32-24)18-21-7-4-3-5-8-21/h3-5,7-12,16,19,23H,6,13-15,17-18H2,1-2H3,(H,30,35)(H,31,36)/t23-/m1/s1. The number of benzene rings is 2. The fourth-order valence-corrected chi connectivity index (χ4v) is 4.35. The van der Waals surface area contributed by atoms with Gasteiger partial charge in [0.05, 0.1) is 0 Å². The van der Waals surface area contributed by atoms with Gasteiger partial charge in [-0.3, -0.25) is 19.1 Å². The number of aromatic nitrogens is 2. The summed E-state index contributed by atoms with van der Waals surface area (Å²) in [6, 6.07) is 16.4. The molecule has 37 heavy (non-hydrogen) atoms. The molecule has 0 saturated heterocycles. The minimum absolute atomic E-state index is 0.102. The second-order valence-corrected chi connectivity index (χ2v) is 9.70. The highest BCUT2D eigenvalue weighted by molar-refractivity contribution is 5.99. The normalized spacial score (nSPS) is 14.2. The van der Waals surface area contributed by atoms with Gasteiger partial charge < -0.3 is 15.5 Å². The lowest BCUT2D eigenvalue weighted by atomic mass is 10.0. The molecule has 0 fully saturated rings. The first-order chi connectivity index (χ1) is 17.8. The molecule has 0 radical (unpaired) electrons. The van der Waals surface area contributed by atoms with Gasteiger partial charge in [-0.05, 0) is 42.0 Å². The van der Waals surface area contributed by atoms with Gasteiger partial charge in [0.25, 0.3) is 11.8 Å². The molecule has 2 heterocycles. The smallest absolute Gasteiger partial charge is 0.272 e. The van der Waals surface area contributed by atoms with Crippen LogP contribution in [0.4, 0.5) is 4.39 Å². The predicted octanol–water partition coefficient (Wildman–Crippen LogP) is 3.53. The number of carbonyl (C=O) groups excluding carboxylic acids is 3. The van der Waals surface area contributed by atoms with Crippen LogP contribution in [0.1, 0.15) is 58.8 Å². The molecule has 0 spiro atoms. The van der Waals surface area contributed by atoms with E-state index in [0.29, 0.717) is 31.7 Å². The molecule has 0 bridgehead atoms. The van der Waals surface area contributed by atoms with Crippen LogP contribution in [0.25, 0.3) is 0 Å². The molecule has 3 amide bonds. The van der Waals surface area contributed by atoms with Crippen molar-refractivity contribution in [2.75, 3.05) is 6.54 Å². The summed E-state index contributed by atoms with van der Waals surface area (Å²) in [6.07, 6.45) is 1.15. The molecular formula is C28H32FN5O3. The van der Waals surface area contributed by atoms with Crippen LogP contribution < -0.4 is 10.6 Å². The lowest BCUT2D eigenvalue weighted by Gasteiger charge is -2.20. The maximum absolute atomic E-state index is 13.2. The Hall–Kier alpha value is -4.01. The molecule has 1 aromatic heterocycles. The number of aryl methyl sites for hydroxylation is 1. The molecule has 194 valence electrons. The second kappa shape index (κ2) is 11.8. The molecule has 1 atom stereocenters. The highest BCUT2D eigenvalue weighted by Gasteiger charge is 2.28. The van der Waals surface area contributed by atoms with Crippen molar-refractivity contribution in [3.05, 3.63) is 89.0 Å². The van der Waals surface area contributed by atoms with Crippen molar-refractivity contribution in [3.63, 3.8) is 0 Å². The number of carbonyl (C=O) groups is 3. The zero-order chi connectivity index (χ0) is 26.4. The van der Waals surface area contributed by atoms with E-state index in [0.717, 1.165) is 17.5 Å². The average molecular weight is 506 g/mol. The van der Waals surface area contributed by atoms with Crippen molar-refractivity contribution in [2.45, 2.75) is 52.4 Å². The van der Waals surface area contributed by atoms with Gasteiger partial charge in [0.2, 0.25) is 5.91 Å². The molecule has 0 unspecified atom stereocenters. The van der Waals surface area contributed by atoms with Gasteiger partial charge in [-0.1, -0.05) is 56.3 Å². The van der Waals surface area contributed by atoms with E-state index in [1.807, 2.05) is 44.2 Å². The number of rotatable bonds is 9. The molecular weight excluding hydrogens is 473 g/mol. The highest BCUT2D eigenvalue weighted by atomic mass is 19.1. The Morgan fingerprint density at radius 2 is 1.76 bits per heavy atom. The summed E-state index contributed by atoms with van der Waals surface area (Å²) in [5.74, 6) is -1.22. The second-order valence-electron chi connectivity index (χ2n) is 9.70. The number of fused-ring (bicyclic) bond motifs is 1. The quantitative estimate of drug-likeness (QED) is 0.465. The van der Waals surface area contributed by atoms with E-state index >= 15 is 0 Å². The first kappa shape index (κ1) is 26.1. The van der Waals surface area contributed by atoms with Crippen LogP contribution in [0.5, 0.6) is 0 Å². The van der Waals surface area contributed by atoms with Gasteiger partial charge in [-0.2, -0.15) is 5.10 Å². The molecule has 2 aromatic carbocycles. The van der Waals surface area contributed by atoms with E-state index in [1.54, 1.807) is 21.7 Å². The summed E-state index contributed by atoms with van der Waals surface area (Å²) >= 11 is 0. The average Bonchev–Trinajstić information content (AvgIpc) is 3.25. The largest absolute Gasteiger partial charge is 0.350 e. The third-order valence-corrected chi connectivity index (χ3v) is 6.24. The van der Waals surface area contributed by atoms with Crippen molar-refractivity contribution in [1.29, 1.82) is 0 Å². The van der Waals surface area contributed by atoms with E-state index in [2.05, 4.69) is 15.7 Å². The van der Waals surface area contributed by atoms with Gasteiger partial charge in [0.1, 0.15) is 17.6 Å². The zero-order valence-electron chi connectivity index (χ0n) is 21.1. The lowest BCUT2D eigenvalue weighted by Crippen LogP contribution is -2.47. The predicted molar refractivity (Wildman–Crippen MR) is 137 cm³/mol. The summed E-state index contributed by atoms with van der Waals surface area (Å²) in [5, 5.41) is 9.99. The van der Waals surface area contributed by atoms with Gasteiger partial charge in [-0.25, -0.2) is 4.39 Å². The summed E-state index contributed by atoms with van der Waals surface area (Å²) < 4.78 is 14.7. The van der Waals surface area contributed by atoms with Crippen LogP contribution in [0.3, 0.4) is 0 Å². The maximum atomic E-state index is 13.2. The van der Waals surface area contributed by atoms with Crippen molar-refractivity contribution < 1.29 is 18.8 Å². The Morgan fingerprint density at radius 1 is 1.03 bits per heavy atom. The van der Waals surface area contributed by atoms with Gasteiger partial charge in [0, 0.05) is 32.2 Å². The van der Waals surface area contributed by atoms with E-state index in [-0.39, 0.29) is 35.8 Å². The van der Waals surface area contributed by atoms with Crippen LogP contribution in [-0.2, 0) is 24.4 Å². The van der Waals surface area contributed by atoms with Crippen molar-refractivity contribution in [3.8, 4) is 0 Å². The van der Waals surface area contributed by atoms with Gasteiger partial charge in [0.15, 0.2) is 5.69 Å². The summed E-state index contributed by atoms with van der Waals surface area (Å²) in [6.45, 7) is 5.75. The van der Waals surface area contributed by atoms with Crippen molar-refractivity contribution >= 4 is 17.7 Å². The fourth-order valence-electron chi connectivity index (χ4n) is 4.35. The Balaban J connectivity index is 1.44. The van der Waals surface area contributed by atoms with Crippen LogP contribution in [0, 0.1) is 11.7 Å². The first-order valence-electron chi connectivity index (χ1n) is 12.5. The molecule has 3 aromatic rings. The molecule has 0 aliphatic carbocycles. The number of nitrogens with zero attached hydrogens (tertiary/aromatic N) is 3. The molecule has 2 N–H and O–H groups in total. The zero-order valence-corrected chi connectivity index (χ0v) is 21.1. The summed E-state index contributed by atoms with van der Waals surface area (Å²) in [7, 11) is 0. The summed E-state index contributed by atoms with van der Waals surface area (Å²) in [5.41, 5.74) is 2.25. The minimum atomic E-state index is -0.778. The number of amides is 3. The Kier molecular flexibility index (Phi) is 8.32. The summed E-state index contributed by atoms with van der Waals surface area (Å²) in [4.78, 5) is 41.0. The first-order valence-corrected chi connectivity index (χ1v) is 12.5. The molecule has 4 rings (SSSR count). The Morgan fingerprint density at radius 3 is 2.46 bits per heavy atom. The number of halogens is 1. The topological polar surface area (TPSA) is 96.3 Å². The van der Waals surface area contributed by atoms with Crippen LogP contribution in [-0.4, -0.2) is 45.0 Å². The number of hydrogen-bond acceptors (Lipinski definition) is 4. The van der Waals surface area contributed by atoms with E-state index in [1.165, 1.54) is 18.2 Å². The molecule has 8 nitrogen and oxygen atoms in total. The molecule has 9 heteroatoms. The minimum Gasteiger partial charge on any atom is -0.350 e. The van der Waals surface area contributed by atoms with E-state index in [9.17, 15) is 18.8 Å².